The number of thiophene rings is 2. The van der Waals surface area contributed by atoms with Crippen LogP contribution in [0.15, 0.2) is 156 Å². The van der Waals surface area contributed by atoms with Gasteiger partial charge < -0.3 is 18.9 Å². The molecule has 4 heterocycles. The minimum Gasteiger partial charge on any atom is -0.496 e. The summed E-state index contributed by atoms with van der Waals surface area (Å²) in [4.78, 5) is 12.3. The topological polar surface area (TPSA) is 62.7 Å². The van der Waals surface area contributed by atoms with Crippen molar-refractivity contribution in [3.05, 3.63) is 156 Å². The molecule has 0 aliphatic rings. The first kappa shape index (κ1) is 39.2. The van der Waals surface area contributed by atoms with E-state index in [0.29, 0.717) is 0 Å². The zero-order valence-corrected chi connectivity index (χ0v) is 36.4. The lowest BCUT2D eigenvalue weighted by Crippen LogP contribution is -1.93. The molecule has 0 aliphatic carbocycles. The SMILES string of the molecule is COc1cccc(OC)c1-c1sc(-c2ccccc2)nc1-c1csc2ccccc12.COc1cccc(OC)c1-c1sc(-c2ccccc2)nc1-c1csc2ccccc12. The molecule has 0 saturated carbocycles. The Hall–Kier alpha value is -6.30. The van der Waals surface area contributed by atoms with Crippen LogP contribution in [-0.2, 0) is 0 Å². The van der Waals surface area contributed by atoms with E-state index >= 15 is 0 Å². The van der Waals surface area contributed by atoms with Crippen LogP contribution in [0.3, 0.4) is 0 Å². The highest BCUT2D eigenvalue weighted by Gasteiger charge is 2.25. The molecule has 0 N–H and O–H groups in total. The molecule has 10 rings (SSSR count). The Balaban J connectivity index is 0.000000154. The Kier molecular flexibility index (Phi) is 11.4. The van der Waals surface area contributed by atoms with Gasteiger partial charge in [0, 0.05) is 53.2 Å². The van der Waals surface area contributed by atoms with Gasteiger partial charge in [0.1, 0.15) is 33.0 Å². The van der Waals surface area contributed by atoms with Crippen LogP contribution >= 0.6 is 45.3 Å². The van der Waals surface area contributed by atoms with Gasteiger partial charge in [-0.25, -0.2) is 9.97 Å². The molecular weight excluding hydrogens is 821 g/mol. The maximum atomic E-state index is 5.72. The number of methoxy groups -OCH3 is 4. The third kappa shape index (κ3) is 7.43. The Morgan fingerprint density at radius 3 is 1.10 bits per heavy atom. The van der Waals surface area contributed by atoms with Gasteiger partial charge in [0.2, 0.25) is 0 Å². The van der Waals surface area contributed by atoms with Crippen molar-refractivity contribution >= 4 is 65.5 Å². The van der Waals surface area contributed by atoms with Crippen molar-refractivity contribution in [2.75, 3.05) is 28.4 Å². The van der Waals surface area contributed by atoms with Gasteiger partial charge in [-0.3, -0.25) is 0 Å². The van der Waals surface area contributed by atoms with Gasteiger partial charge in [-0.2, -0.15) is 0 Å². The van der Waals surface area contributed by atoms with Crippen LogP contribution in [0, 0.1) is 0 Å². The largest absolute Gasteiger partial charge is 0.496 e. The summed E-state index contributed by atoms with van der Waals surface area (Å²) >= 11 is 6.81. The highest BCUT2D eigenvalue weighted by molar-refractivity contribution is 7.20. The minimum atomic E-state index is 0.776. The normalized spacial score (nSPS) is 11.0. The van der Waals surface area contributed by atoms with E-state index < -0.39 is 0 Å². The number of hydrogen-bond donors (Lipinski definition) is 0. The second-order valence-electron chi connectivity index (χ2n) is 13.5. The number of nitrogens with zero attached hydrogens (tertiary/aromatic N) is 2. The molecule has 60 heavy (non-hydrogen) atoms. The van der Waals surface area contributed by atoms with Gasteiger partial charge in [0.15, 0.2) is 0 Å². The van der Waals surface area contributed by atoms with E-state index in [1.54, 1.807) is 73.8 Å². The molecule has 0 saturated heterocycles. The van der Waals surface area contributed by atoms with Gasteiger partial charge in [-0.05, 0) is 36.4 Å². The van der Waals surface area contributed by atoms with Crippen LogP contribution < -0.4 is 18.9 Å². The fourth-order valence-electron chi connectivity index (χ4n) is 7.23. The molecule has 6 nitrogen and oxygen atoms in total. The van der Waals surface area contributed by atoms with E-state index in [2.05, 4.69) is 83.6 Å². The fourth-order valence-corrected chi connectivity index (χ4v) is 11.4. The molecule has 0 spiro atoms. The van der Waals surface area contributed by atoms with E-state index in [-0.39, 0.29) is 0 Å². The molecule has 6 aromatic carbocycles. The predicted molar refractivity (Wildman–Crippen MR) is 254 cm³/mol. The first-order chi connectivity index (χ1) is 29.6. The number of aromatic nitrogens is 2. The lowest BCUT2D eigenvalue weighted by Gasteiger charge is -2.12. The van der Waals surface area contributed by atoms with Gasteiger partial charge >= 0.3 is 0 Å². The smallest absolute Gasteiger partial charge is 0.131 e. The maximum Gasteiger partial charge on any atom is 0.131 e. The lowest BCUT2D eigenvalue weighted by atomic mass is 10.0. The van der Waals surface area contributed by atoms with Crippen molar-refractivity contribution in [1.29, 1.82) is 0 Å². The van der Waals surface area contributed by atoms with E-state index in [4.69, 9.17) is 28.9 Å². The van der Waals surface area contributed by atoms with Crippen LogP contribution in [-0.4, -0.2) is 38.4 Å². The fraction of sp³-hybridized carbons (Fsp3) is 0.0800. The van der Waals surface area contributed by atoms with Crippen LogP contribution in [0.2, 0.25) is 0 Å². The molecule has 10 heteroatoms. The third-order valence-electron chi connectivity index (χ3n) is 10.1. The Morgan fingerprint density at radius 2 is 0.733 bits per heavy atom. The first-order valence-electron chi connectivity index (χ1n) is 19.1. The standard InChI is InChI=1S/2C25H19NO2S2/c2*1-27-19-12-8-13-20(28-2)22(19)24-23(18-15-29-21-14-7-6-11-17(18)21)26-25(30-24)16-9-4-3-5-10-16/h2*3-15H,1-2H3. The van der Waals surface area contributed by atoms with E-state index in [1.165, 1.54) is 20.2 Å². The molecule has 0 fully saturated rings. The van der Waals surface area contributed by atoms with E-state index in [9.17, 15) is 0 Å². The van der Waals surface area contributed by atoms with Crippen molar-refractivity contribution in [3.8, 4) is 87.5 Å². The molecule has 4 aromatic heterocycles. The highest BCUT2D eigenvalue weighted by atomic mass is 32.1. The van der Waals surface area contributed by atoms with Crippen molar-refractivity contribution in [1.82, 2.24) is 9.97 Å². The summed E-state index contributed by atoms with van der Waals surface area (Å²) in [6, 6.07) is 49.3. The van der Waals surface area contributed by atoms with Crippen LogP contribution in [0.1, 0.15) is 0 Å². The molecule has 10 aromatic rings. The Morgan fingerprint density at radius 1 is 0.383 bits per heavy atom. The van der Waals surface area contributed by atoms with Gasteiger partial charge in [-0.15, -0.1) is 45.3 Å². The second kappa shape index (κ2) is 17.5. The quantitative estimate of drug-likeness (QED) is 0.137. The molecule has 296 valence electrons. The number of thiazole rings is 2. The van der Waals surface area contributed by atoms with Crippen molar-refractivity contribution in [3.63, 3.8) is 0 Å². The highest BCUT2D eigenvalue weighted by Crippen LogP contribution is 2.51. The molecule has 0 radical (unpaired) electrons. The Bertz CT molecular complexity index is 2810. The lowest BCUT2D eigenvalue weighted by molar-refractivity contribution is 0.397. The molecular formula is C50H38N2O4S4. The van der Waals surface area contributed by atoms with Crippen LogP contribution in [0.4, 0.5) is 0 Å². The second-order valence-corrected chi connectivity index (χ2v) is 17.3. The zero-order chi connectivity index (χ0) is 41.0. The first-order valence-corrected chi connectivity index (χ1v) is 22.5. The number of benzene rings is 6. The summed E-state index contributed by atoms with van der Waals surface area (Å²) in [5.74, 6) is 3.11. The van der Waals surface area contributed by atoms with Crippen molar-refractivity contribution in [2.24, 2.45) is 0 Å². The average molecular weight is 859 g/mol. The Labute approximate surface area is 364 Å². The number of hydrogen-bond acceptors (Lipinski definition) is 10. The summed E-state index contributed by atoms with van der Waals surface area (Å²) in [7, 11) is 6.77. The van der Waals surface area contributed by atoms with Crippen molar-refractivity contribution < 1.29 is 18.9 Å². The summed E-state index contributed by atoms with van der Waals surface area (Å²) in [6.45, 7) is 0. The minimum absolute atomic E-state index is 0.776. The number of fused-ring (bicyclic) bond motifs is 2. The average Bonchev–Trinajstić information content (AvgIpc) is 4.14. The van der Waals surface area contributed by atoms with Crippen molar-refractivity contribution in [2.45, 2.75) is 0 Å². The summed E-state index contributed by atoms with van der Waals surface area (Å²) in [6.07, 6.45) is 0. The molecule has 0 amide bonds. The zero-order valence-electron chi connectivity index (χ0n) is 33.2. The van der Waals surface area contributed by atoms with E-state index in [0.717, 1.165) is 87.5 Å². The number of rotatable bonds is 10. The maximum absolute atomic E-state index is 5.72. The summed E-state index contributed by atoms with van der Waals surface area (Å²) < 4.78 is 25.4. The predicted octanol–water partition coefficient (Wildman–Crippen LogP) is 14.8. The van der Waals surface area contributed by atoms with Gasteiger partial charge in [0.05, 0.1) is 60.7 Å². The van der Waals surface area contributed by atoms with Crippen LogP contribution in [0.5, 0.6) is 23.0 Å². The van der Waals surface area contributed by atoms with Gasteiger partial charge in [0.25, 0.3) is 0 Å². The molecule has 0 unspecified atom stereocenters. The molecule has 0 aliphatic heterocycles. The summed E-state index contributed by atoms with van der Waals surface area (Å²) in [5.41, 5.74) is 8.26. The van der Waals surface area contributed by atoms with Crippen LogP contribution in [0.25, 0.3) is 84.7 Å². The molecule has 0 bridgehead atoms. The number of ether oxygens (including phenoxy) is 4. The molecule has 0 atom stereocenters. The third-order valence-corrected chi connectivity index (χ3v) is 14.2. The monoisotopic (exact) mass is 858 g/mol. The van der Waals surface area contributed by atoms with Gasteiger partial charge in [-0.1, -0.05) is 109 Å². The van der Waals surface area contributed by atoms with E-state index in [1.807, 2.05) is 72.8 Å². The summed E-state index contributed by atoms with van der Waals surface area (Å²) in [5, 5.41) is 8.76.